The van der Waals surface area contributed by atoms with E-state index in [4.69, 9.17) is 15.0 Å². The van der Waals surface area contributed by atoms with Crippen LogP contribution >= 0.6 is 0 Å². The van der Waals surface area contributed by atoms with Gasteiger partial charge in [0.05, 0.1) is 22.6 Å². The van der Waals surface area contributed by atoms with Crippen molar-refractivity contribution in [2.45, 2.75) is 0 Å². The highest BCUT2D eigenvalue weighted by molar-refractivity contribution is 6.10. The minimum atomic E-state index is 0.711. The second-order valence-electron chi connectivity index (χ2n) is 12.1. The van der Waals surface area contributed by atoms with Crippen LogP contribution in [0.5, 0.6) is 0 Å². The molecule has 0 fully saturated rings. The van der Waals surface area contributed by atoms with Gasteiger partial charge in [-0.15, -0.1) is 0 Å². The number of hydrogen-bond acceptors (Lipinski definition) is 3. The minimum Gasteiger partial charge on any atom is -0.248 e. The quantitative estimate of drug-likeness (QED) is 0.182. The summed E-state index contributed by atoms with van der Waals surface area (Å²) in [7, 11) is 0. The summed E-state index contributed by atoms with van der Waals surface area (Å²) in [6.07, 6.45) is 0. The van der Waals surface area contributed by atoms with Crippen molar-refractivity contribution in [1.29, 1.82) is 0 Å². The summed E-state index contributed by atoms with van der Waals surface area (Å²) in [4.78, 5) is 15.6. The molecule has 0 aliphatic carbocycles. The van der Waals surface area contributed by atoms with Crippen molar-refractivity contribution >= 4 is 32.4 Å². The molecule has 0 saturated carbocycles. The monoisotopic (exact) mass is 611 g/mol. The lowest BCUT2D eigenvalue weighted by Gasteiger charge is -2.14. The molecule has 224 valence electrons. The van der Waals surface area contributed by atoms with Crippen molar-refractivity contribution in [2.75, 3.05) is 0 Å². The molecule has 3 nitrogen and oxygen atoms in total. The normalized spacial score (nSPS) is 11.3. The maximum atomic E-state index is 5.25. The number of hydrogen-bond donors (Lipinski definition) is 0. The lowest BCUT2D eigenvalue weighted by atomic mass is 9.96. The van der Waals surface area contributed by atoms with Gasteiger partial charge in [-0.2, -0.15) is 0 Å². The average Bonchev–Trinajstić information content (AvgIpc) is 3.18. The van der Waals surface area contributed by atoms with E-state index >= 15 is 0 Å². The topological polar surface area (TPSA) is 38.7 Å². The first kappa shape index (κ1) is 27.8. The van der Waals surface area contributed by atoms with E-state index in [9.17, 15) is 0 Å². The van der Waals surface area contributed by atoms with Gasteiger partial charge in [-0.25, -0.2) is 15.0 Å². The maximum absolute atomic E-state index is 5.25. The zero-order chi connectivity index (χ0) is 31.9. The van der Waals surface area contributed by atoms with E-state index in [0.29, 0.717) is 5.82 Å². The van der Waals surface area contributed by atoms with E-state index in [2.05, 4.69) is 146 Å². The molecule has 0 radical (unpaired) electrons. The Morgan fingerprint density at radius 1 is 0.292 bits per heavy atom. The van der Waals surface area contributed by atoms with Crippen LogP contribution in [0.15, 0.2) is 176 Å². The van der Waals surface area contributed by atoms with Crippen LogP contribution < -0.4 is 0 Å². The van der Waals surface area contributed by atoms with Gasteiger partial charge in [0.25, 0.3) is 0 Å². The number of benzene rings is 7. The predicted molar refractivity (Wildman–Crippen MR) is 200 cm³/mol. The van der Waals surface area contributed by atoms with Gasteiger partial charge in [0.1, 0.15) is 0 Å². The van der Waals surface area contributed by atoms with Crippen molar-refractivity contribution in [3.63, 3.8) is 0 Å². The summed E-state index contributed by atoms with van der Waals surface area (Å²) in [5.74, 6) is 0.711. The number of pyridine rings is 1. The molecule has 9 rings (SSSR count). The summed E-state index contributed by atoms with van der Waals surface area (Å²) in [6, 6.07) is 61.5. The van der Waals surface area contributed by atoms with Crippen molar-refractivity contribution in [1.82, 2.24) is 15.0 Å². The number of rotatable bonds is 5. The van der Waals surface area contributed by atoms with Gasteiger partial charge in [0.15, 0.2) is 5.82 Å². The Kier molecular flexibility index (Phi) is 6.80. The van der Waals surface area contributed by atoms with Gasteiger partial charge in [-0.05, 0) is 57.6 Å². The van der Waals surface area contributed by atoms with E-state index in [1.165, 1.54) is 10.8 Å². The third-order valence-corrected chi connectivity index (χ3v) is 9.04. The highest BCUT2D eigenvalue weighted by atomic mass is 14.9. The Labute approximate surface area is 278 Å². The molecule has 0 aliphatic rings. The molecule has 0 unspecified atom stereocenters. The lowest BCUT2D eigenvalue weighted by Crippen LogP contribution is -1.96. The summed E-state index contributed by atoms with van der Waals surface area (Å²) in [5, 5.41) is 5.66. The molecular formula is C45H29N3. The highest BCUT2D eigenvalue weighted by Gasteiger charge is 2.16. The summed E-state index contributed by atoms with van der Waals surface area (Å²) < 4.78 is 0. The molecular weight excluding hydrogens is 583 g/mol. The summed E-state index contributed by atoms with van der Waals surface area (Å²) in [5.41, 5.74) is 10.2. The molecule has 2 aromatic heterocycles. The van der Waals surface area contributed by atoms with Crippen LogP contribution in [0.1, 0.15) is 0 Å². The Balaban J connectivity index is 1.28. The van der Waals surface area contributed by atoms with E-state index in [-0.39, 0.29) is 0 Å². The third kappa shape index (κ3) is 5.08. The number of fused-ring (bicyclic) bond motifs is 4. The molecule has 0 N–H and O–H groups in total. The summed E-state index contributed by atoms with van der Waals surface area (Å²) >= 11 is 0. The highest BCUT2D eigenvalue weighted by Crippen LogP contribution is 2.37. The fourth-order valence-electron chi connectivity index (χ4n) is 6.57. The molecule has 0 spiro atoms. The second kappa shape index (κ2) is 11.7. The van der Waals surface area contributed by atoms with Crippen molar-refractivity contribution < 1.29 is 0 Å². The molecule has 7 aromatic carbocycles. The Morgan fingerprint density at radius 2 is 0.875 bits per heavy atom. The largest absolute Gasteiger partial charge is 0.248 e. The first-order chi connectivity index (χ1) is 23.8. The standard InChI is InChI=1S/C45H29N3/c1-4-13-32(14-5-1)41-28-38(36-22-20-30-12-10-11-19-35(30)26-36)29-42(46-41)37-23-21-31-24-25-39-43(33-15-6-2-7-16-33)47-45(34-17-8-3-9-18-34)48-44(39)40(31)27-37/h1-29H. The molecule has 0 atom stereocenters. The maximum Gasteiger partial charge on any atom is 0.160 e. The van der Waals surface area contributed by atoms with Gasteiger partial charge in [0, 0.05) is 33.0 Å². The lowest BCUT2D eigenvalue weighted by molar-refractivity contribution is 1.23. The molecule has 2 heterocycles. The first-order valence-corrected chi connectivity index (χ1v) is 16.2. The van der Waals surface area contributed by atoms with Crippen LogP contribution in [0.3, 0.4) is 0 Å². The van der Waals surface area contributed by atoms with Gasteiger partial charge >= 0.3 is 0 Å². The van der Waals surface area contributed by atoms with Crippen LogP contribution in [-0.4, -0.2) is 15.0 Å². The van der Waals surface area contributed by atoms with Crippen molar-refractivity contribution in [3.8, 4) is 56.3 Å². The Morgan fingerprint density at radius 3 is 1.62 bits per heavy atom. The van der Waals surface area contributed by atoms with Gasteiger partial charge < -0.3 is 0 Å². The van der Waals surface area contributed by atoms with Crippen LogP contribution in [0.25, 0.3) is 88.7 Å². The second-order valence-corrected chi connectivity index (χ2v) is 12.1. The van der Waals surface area contributed by atoms with Crippen molar-refractivity contribution in [2.24, 2.45) is 0 Å². The smallest absolute Gasteiger partial charge is 0.160 e. The van der Waals surface area contributed by atoms with Gasteiger partial charge in [-0.3, -0.25) is 0 Å². The van der Waals surface area contributed by atoms with E-state index in [1.54, 1.807) is 0 Å². The summed E-state index contributed by atoms with van der Waals surface area (Å²) in [6.45, 7) is 0. The molecule has 0 saturated heterocycles. The fourth-order valence-corrected chi connectivity index (χ4v) is 6.57. The zero-order valence-corrected chi connectivity index (χ0v) is 26.1. The minimum absolute atomic E-state index is 0.711. The van der Waals surface area contributed by atoms with Crippen LogP contribution in [-0.2, 0) is 0 Å². The van der Waals surface area contributed by atoms with Crippen LogP contribution in [0, 0.1) is 0 Å². The Hall–Kier alpha value is -6.45. The predicted octanol–water partition coefficient (Wildman–Crippen LogP) is 11.7. The molecule has 9 aromatic rings. The van der Waals surface area contributed by atoms with Crippen molar-refractivity contribution in [3.05, 3.63) is 176 Å². The van der Waals surface area contributed by atoms with Gasteiger partial charge in [-0.1, -0.05) is 146 Å². The molecule has 48 heavy (non-hydrogen) atoms. The number of aromatic nitrogens is 3. The van der Waals surface area contributed by atoms with E-state index < -0.39 is 0 Å². The molecule has 0 amide bonds. The number of nitrogens with zero attached hydrogens (tertiary/aromatic N) is 3. The third-order valence-electron chi connectivity index (χ3n) is 9.04. The molecule has 0 bridgehead atoms. The molecule has 0 aliphatic heterocycles. The molecule has 3 heteroatoms. The van der Waals surface area contributed by atoms with Crippen LogP contribution in [0.2, 0.25) is 0 Å². The van der Waals surface area contributed by atoms with Crippen LogP contribution in [0.4, 0.5) is 0 Å². The zero-order valence-electron chi connectivity index (χ0n) is 26.1. The van der Waals surface area contributed by atoms with E-state index in [1.807, 2.05) is 30.3 Å². The first-order valence-electron chi connectivity index (χ1n) is 16.2. The average molecular weight is 612 g/mol. The SMILES string of the molecule is c1ccc(-c2cc(-c3ccc4ccccc4c3)cc(-c3ccc4ccc5c(-c6ccccc6)nc(-c6ccccc6)nc5c4c3)n2)cc1. The Bertz CT molecular complexity index is 2600. The fraction of sp³-hybridized carbons (Fsp3) is 0. The van der Waals surface area contributed by atoms with E-state index in [0.717, 1.165) is 72.1 Å². The van der Waals surface area contributed by atoms with Gasteiger partial charge in [0.2, 0.25) is 0 Å².